The molecule has 3 aromatic rings. The monoisotopic (exact) mass is 427 g/mol. The van der Waals surface area contributed by atoms with Crippen LogP contribution in [0.15, 0.2) is 48.5 Å². The molecule has 30 heavy (non-hydrogen) atoms. The Kier molecular flexibility index (Phi) is 5.62. The number of fused-ring (bicyclic) bond motifs is 1. The second-order valence-corrected chi connectivity index (χ2v) is 7.72. The Morgan fingerprint density at radius 2 is 1.87 bits per heavy atom. The SMILES string of the molecule is Cc1nc(Cc2ccc(F)cc2)sc1C(=O)NNC(=O)C1COc2ccccc2O1. The first-order valence-corrected chi connectivity index (χ1v) is 10.0. The Hall–Kier alpha value is -3.46. The third-order valence-corrected chi connectivity index (χ3v) is 5.57. The van der Waals surface area contributed by atoms with Crippen LogP contribution >= 0.6 is 11.3 Å². The van der Waals surface area contributed by atoms with E-state index in [9.17, 15) is 14.0 Å². The summed E-state index contributed by atoms with van der Waals surface area (Å²) in [6.07, 6.45) is -0.394. The standard InChI is InChI=1S/C21H18FN3O4S/c1-12-19(30-18(23-12)10-13-6-8-14(22)9-7-13)21(27)25-24-20(26)17-11-28-15-4-2-3-5-16(15)29-17/h2-9,17H,10-11H2,1H3,(H,24,26)(H,25,27). The van der Waals surface area contributed by atoms with Gasteiger partial charge in [0.05, 0.1) is 10.7 Å². The number of carbonyl (C=O) groups is 2. The highest BCUT2D eigenvalue weighted by molar-refractivity contribution is 7.13. The fraction of sp³-hybridized carbons (Fsp3) is 0.190. The highest BCUT2D eigenvalue weighted by Crippen LogP contribution is 2.30. The number of aryl methyl sites for hydroxylation is 1. The van der Waals surface area contributed by atoms with E-state index in [0.717, 1.165) is 10.6 Å². The molecule has 2 amide bonds. The predicted octanol–water partition coefficient (Wildman–Crippen LogP) is 2.78. The quantitative estimate of drug-likeness (QED) is 0.625. The maximum atomic E-state index is 13.0. The van der Waals surface area contributed by atoms with Gasteiger partial charge in [-0.25, -0.2) is 9.37 Å². The first-order chi connectivity index (χ1) is 14.5. The van der Waals surface area contributed by atoms with Crippen LogP contribution in [-0.2, 0) is 11.2 Å². The first kappa shape index (κ1) is 19.8. The minimum atomic E-state index is -0.878. The number of hydrazine groups is 1. The van der Waals surface area contributed by atoms with E-state index >= 15 is 0 Å². The van der Waals surface area contributed by atoms with E-state index in [-0.39, 0.29) is 12.4 Å². The number of halogens is 1. The molecule has 0 saturated heterocycles. The summed E-state index contributed by atoms with van der Waals surface area (Å²) in [5, 5.41) is 0.719. The van der Waals surface area contributed by atoms with Crippen LogP contribution in [0.5, 0.6) is 11.5 Å². The summed E-state index contributed by atoms with van der Waals surface area (Å²) >= 11 is 1.22. The molecule has 1 aliphatic rings. The Morgan fingerprint density at radius 3 is 2.63 bits per heavy atom. The lowest BCUT2D eigenvalue weighted by atomic mass is 10.1. The summed E-state index contributed by atoms with van der Waals surface area (Å²) in [4.78, 5) is 29.6. The van der Waals surface area contributed by atoms with Crippen LogP contribution in [0.25, 0.3) is 0 Å². The van der Waals surface area contributed by atoms with E-state index in [0.29, 0.717) is 28.5 Å². The highest BCUT2D eigenvalue weighted by atomic mass is 32.1. The Morgan fingerprint density at radius 1 is 1.13 bits per heavy atom. The fourth-order valence-corrected chi connectivity index (χ4v) is 3.91. The number of aromatic nitrogens is 1. The number of para-hydroxylation sites is 2. The molecule has 9 heteroatoms. The molecule has 154 valence electrons. The van der Waals surface area contributed by atoms with Crippen LogP contribution in [0.3, 0.4) is 0 Å². The Labute approximate surface area is 175 Å². The first-order valence-electron chi connectivity index (χ1n) is 9.19. The smallest absolute Gasteiger partial charge is 0.283 e. The van der Waals surface area contributed by atoms with Crippen molar-refractivity contribution in [2.24, 2.45) is 0 Å². The molecule has 0 radical (unpaired) electrons. The van der Waals surface area contributed by atoms with Crippen molar-refractivity contribution in [2.45, 2.75) is 19.4 Å². The normalized spacial score (nSPS) is 14.8. The molecular weight excluding hydrogens is 409 g/mol. The van der Waals surface area contributed by atoms with Gasteiger partial charge in [-0.2, -0.15) is 0 Å². The molecule has 2 N–H and O–H groups in total. The molecule has 1 aliphatic heterocycles. The summed E-state index contributed by atoms with van der Waals surface area (Å²) in [5.41, 5.74) is 6.20. The van der Waals surface area contributed by atoms with E-state index in [1.165, 1.54) is 23.5 Å². The van der Waals surface area contributed by atoms with Crippen LogP contribution in [-0.4, -0.2) is 29.5 Å². The maximum Gasteiger partial charge on any atom is 0.283 e. The van der Waals surface area contributed by atoms with Crippen molar-refractivity contribution in [1.82, 2.24) is 15.8 Å². The number of nitrogens with zero attached hydrogens (tertiary/aromatic N) is 1. The fourth-order valence-electron chi connectivity index (χ4n) is 2.92. The molecule has 0 saturated carbocycles. The second-order valence-electron chi connectivity index (χ2n) is 6.63. The number of amides is 2. The summed E-state index contributed by atoms with van der Waals surface area (Å²) < 4.78 is 24.2. The lowest BCUT2D eigenvalue weighted by Gasteiger charge is -2.25. The molecule has 0 spiro atoms. The zero-order chi connectivity index (χ0) is 21.1. The summed E-state index contributed by atoms with van der Waals surface area (Å²) in [7, 11) is 0. The topological polar surface area (TPSA) is 89.6 Å². The summed E-state index contributed by atoms with van der Waals surface area (Å²) in [6.45, 7) is 1.76. The van der Waals surface area contributed by atoms with Gasteiger partial charge in [0.15, 0.2) is 11.5 Å². The van der Waals surface area contributed by atoms with E-state index in [1.54, 1.807) is 37.3 Å². The van der Waals surface area contributed by atoms with Crippen molar-refractivity contribution >= 4 is 23.2 Å². The van der Waals surface area contributed by atoms with Gasteiger partial charge in [-0.15, -0.1) is 11.3 Å². The van der Waals surface area contributed by atoms with Gasteiger partial charge < -0.3 is 9.47 Å². The number of carbonyl (C=O) groups excluding carboxylic acids is 2. The number of thiazole rings is 1. The number of hydrogen-bond acceptors (Lipinski definition) is 6. The van der Waals surface area contributed by atoms with Gasteiger partial charge in [0.1, 0.15) is 17.3 Å². The largest absolute Gasteiger partial charge is 0.485 e. The molecule has 4 rings (SSSR count). The van der Waals surface area contributed by atoms with Gasteiger partial charge in [0.25, 0.3) is 11.8 Å². The Balaban J connectivity index is 1.34. The van der Waals surface area contributed by atoms with Crippen LogP contribution in [0, 0.1) is 12.7 Å². The number of benzene rings is 2. The molecule has 0 bridgehead atoms. The maximum absolute atomic E-state index is 13.0. The van der Waals surface area contributed by atoms with E-state index in [2.05, 4.69) is 15.8 Å². The molecule has 1 atom stereocenters. The number of nitrogens with one attached hydrogen (secondary N) is 2. The molecule has 0 aliphatic carbocycles. The van der Waals surface area contributed by atoms with Crippen LogP contribution in [0.2, 0.25) is 0 Å². The van der Waals surface area contributed by atoms with Gasteiger partial charge in [-0.1, -0.05) is 24.3 Å². The van der Waals surface area contributed by atoms with Crippen molar-refractivity contribution in [3.05, 3.63) is 75.5 Å². The van der Waals surface area contributed by atoms with Crippen molar-refractivity contribution in [3.8, 4) is 11.5 Å². The van der Waals surface area contributed by atoms with E-state index < -0.39 is 17.9 Å². The zero-order valence-corrected chi connectivity index (χ0v) is 16.8. The van der Waals surface area contributed by atoms with Crippen LogP contribution in [0.4, 0.5) is 4.39 Å². The lowest BCUT2D eigenvalue weighted by molar-refractivity contribution is -0.131. The number of ether oxygens (including phenoxy) is 2. The number of rotatable bonds is 4. The lowest BCUT2D eigenvalue weighted by Crippen LogP contribution is -2.50. The van der Waals surface area contributed by atoms with Gasteiger partial charge in [-0.05, 0) is 36.8 Å². The minimum absolute atomic E-state index is 0.0418. The van der Waals surface area contributed by atoms with Crippen molar-refractivity contribution in [2.75, 3.05) is 6.61 Å². The van der Waals surface area contributed by atoms with E-state index in [4.69, 9.17) is 9.47 Å². The highest BCUT2D eigenvalue weighted by Gasteiger charge is 2.28. The number of hydrogen-bond donors (Lipinski definition) is 2. The van der Waals surface area contributed by atoms with Gasteiger partial charge in [-0.3, -0.25) is 20.4 Å². The molecule has 7 nitrogen and oxygen atoms in total. The summed E-state index contributed by atoms with van der Waals surface area (Å²) in [6, 6.07) is 13.2. The Bertz CT molecular complexity index is 1080. The molecule has 1 aromatic heterocycles. The van der Waals surface area contributed by atoms with Crippen molar-refractivity contribution in [3.63, 3.8) is 0 Å². The minimum Gasteiger partial charge on any atom is -0.485 e. The molecular formula is C21H18FN3O4S. The van der Waals surface area contributed by atoms with E-state index in [1.807, 2.05) is 6.07 Å². The van der Waals surface area contributed by atoms with Gasteiger partial charge >= 0.3 is 0 Å². The van der Waals surface area contributed by atoms with Crippen LogP contribution < -0.4 is 20.3 Å². The average molecular weight is 427 g/mol. The van der Waals surface area contributed by atoms with Gasteiger partial charge in [0, 0.05) is 6.42 Å². The third kappa shape index (κ3) is 4.41. The molecule has 2 aromatic carbocycles. The third-order valence-electron chi connectivity index (χ3n) is 4.42. The second kappa shape index (κ2) is 8.50. The zero-order valence-electron chi connectivity index (χ0n) is 16.0. The van der Waals surface area contributed by atoms with Crippen LogP contribution in [0.1, 0.15) is 25.9 Å². The van der Waals surface area contributed by atoms with Gasteiger partial charge in [0.2, 0.25) is 6.10 Å². The molecule has 0 fully saturated rings. The molecule has 2 heterocycles. The molecule has 1 unspecified atom stereocenters. The predicted molar refractivity (Wildman–Crippen MR) is 108 cm³/mol. The van der Waals surface area contributed by atoms with Crippen molar-refractivity contribution in [1.29, 1.82) is 0 Å². The summed E-state index contributed by atoms with van der Waals surface area (Å²) in [5.74, 6) is -0.258. The van der Waals surface area contributed by atoms with Crippen molar-refractivity contribution < 1.29 is 23.5 Å². The average Bonchev–Trinajstić information content (AvgIpc) is 3.13.